The maximum absolute atomic E-state index is 13.2. The molecule has 0 heterocycles. The molecule has 0 atom stereocenters. The second kappa shape index (κ2) is 6.53. The van der Waals surface area contributed by atoms with Gasteiger partial charge in [0.25, 0.3) is 0 Å². The van der Waals surface area contributed by atoms with Crippen molar-refractivity contribution in [3.63, 3.8) is 0 Å². The Morgan fingerprint density at radius 3 is 1.70 bits per heavy atom. The van der Waals surface area contributed by atoms with Crippen molar-refractivity contribution >= 4 is 6.29 Å². The maximum atomic E-state index is 13.2. The van der Waals surface area contributed by atoms with Crippen molar-refractivity contribution in [1.29, 1.82) is 0 Å². The quantitative estimate of drug-likeness (QED) is 0.492. The predicted molar refractivity (Wildman–Crippen MR) is 85.6 cm³/mol. The van der Waals surface area contributed by atoms with E-state index >= 15 is 0 Å². The predicted octanol–water partition coefficient (Wildman–Crippen LogP) is 4.96. The molecule has 23 heavy (non-hydrogen) atoms. The lowest BCUT2D eigenvalue weighted by Crippen LogP contribution is -2.04. The first-order valence-electron chi connectivity index (χ1n) is 7.23. The molecule has 3 aromatic carbocycles. The van der Waals surface area contributed by atoms with Gasteiger partial charge in [-0.15, -0.1) is 0 Å². The fourth-order valence-corrected chi connectivity index (χ4v) is 2.70. The van der Waals surface area contributed by atoms with Gasteiger partial charge in [0.2, 0.25) is 0 Å². The summed E-state index contributed by atoms with van der Waals surface area (Å²) >= 11 is 0. The third-order valence-electron chi connectivity index (χ3n) is 3.79. The molecular formula is C20H14F2O. The minimum absolute atomic E-state index is 0.198. The average molecular weight is 308 g/mol. The van der Waals surface area contributed by atoms with Gasteiger partial charge in [-0.2, -0.15) is 0 Å². The highest BCUT2D eigenvalue weighted by atomic mass is 19.1. The van der Waals surface area contributed by atoms with E-state index in [1.807, 2.05) is 6.07 Å². The van der Waals surface area contributed by atoms with Crippen molar-refractivity contribution in [2.45, 2.75) is 5.92 Å². The lowest BCUT2D eigenvalue weighted by atomic mass is 9.84. The molecule has 0 amide bonds. The van der Waals surface area contributed by atoms with E-state index in [2.05, 4.69) is 0 Å². The van der Waals surface area contributed by atoms with Crippen LogP contribution in [0.4, 0.5) is 8.78 Å². The molecule has 114 valence electrons. The summed E-state index contributed by atoms with van der Waals surface area (Å²) in [6, 6.07) is 19.6. The van der Waals surface area contributed by atoms with E-state index in [9.17, 15) is 13.6 Å². The molecule has 0 aliphatic heterocycles. The molecular weight excluding hydrogens is 294 g/mol. The summed E-state index contributed by atoms with van der Waals surface area (Å²) in [5, 5.41) is 0. The highest BCUT2D eigenvalue weighted by molar-refractivity contribution is 5.75. The van der Waals surface area contributed by atoms with E-state index < -0.39 is 0 Å². The van der Waals surface area contributed by atoms with Crippen LogP contribution in [0.15, 0.2) is 72.8 Å². The van der Waals surface area contributed by atoms with Crippen LogP contribution in [0.25, 0.3) is 0 Å². The van der Waals surface area contributed by atoms with Gasteiger partial charge in [-0.25, -0.2) is 8.78 Å². The topological polar surface area (TPSA) is 17.1 Å². The summed E-state index contributed by atoms with van der Waals surface area (Å²) in [7, 11) is 0. The third-order valence-corrected chi connectivity index (χ3v) is 3.79. The van der Waals surface area contributed by atoms with Crippen LogP contribution in [0, 0.1) is 11.6 Å². The van der Waals surface area contributed by atoms with Gasteiger partial charge in [0, 0.05) is 11.5 Å². The van der Waals surface area contributed by atoms with Crippen molar-refractivity contribution in [3.05, 3.63) is 107 Å². The number of carbonyl (C=O) groups is 1. The zero-order chi connectivity index (χ0) is 16.2. The first kappa shape index (κ1) is 15.1. The highest BCUT2D eigenvalue weighted by Crippen LogP contribution is 2.32. The number of aldehydes is 1. The molecule has 0 N–H and O–H groups in total. The summed E-state index contributed by atoms with van der Waals surface area (Å²) in [6.45, 7) is 0. The zero-order valence-corrected chi connectivity index (χ0v) is 12.2. The Morgan fingerprint density at radius 2 is 1.22 bits per heavy atom. The summed E-state index contributed by atoms with van der Waals surface area (Å²) in [4.78, 5) is 11.0. The van der Waals surface area contributed by atoms with E-state index in [-0.39, 0.29) is 17.6 Å². The minimum atomic E-state index is -0.312. The van der Waals surface area contributed by atoms with E-state index in [1.54, 1.807) is 42.5 Å². The smallest absolute Gasteiger partial charge is 0.150 e. The number of halogens is 2. The van der Waals surface area contributed by atoms with Crippen LogP contribution in [0.3, 0.4) is 0 Å². The van der Waals surface area contributed by atoms with Gasteiger partial charge in [0.1, 0.15) is 17.9 Å². The molecule has 0 saturated carbocycles. The second-order valence-corrected chi connectivity index (χ2v) is 5.32. The molecule has 3 aromatic rings. The second-order valence-electron chi connectivity index (χ2n) is 5.32. The number of benzene rings is 3. The number of hydrogen-bond acceptors (Lipinski definition) is 1. The summed E-state index contributed by atoms with van der Waals surface area (Å²) in [5.41, 5.74) is 3.21. The van der Waals surface area contributed by atoms with Crippen molar-refractivity contribution in [2.24, 2.45) is 0 Å². The van der Waals surface area contributed by atoms with Gasteiger partial charge in [0.15, 0.2) is 0 Å². The molecule has 0 aromatic heterocycles. The Kier molecular flexibility index (Phi) is 4.29. The average Bonchev–Trinajstić information content (AvgIpc) is 2.59. The Morgan fingerprint density at radius 1 is 0.696 bits per heavy atom. The Balaban J connectivity index is 2.14. The lowest BCUT2D eigenvalue weighted by molar-refractivity contribution is 0.112. The van der Waals surface area contributed by atoms with Crippen molar-refractivity contribution in [3.8, 4) is 0 Å². The molecule has 0 fully saturated rings. The normalized spacial score (nSPS) is 10.7. The minimum Gasteiger partial charge on any atom is -0.298 e. The largest absolute Gasteiger partial charge is 0.298 e. The third kappa shape index (κ3) is 3.34. The SMILES string of the molecule is O=Cc1cccc(C(c2ccc(F)cc2)c2ccc(F)cc2)c1. The van der Waals surface area contributed by atoms with Crippen LogP contribution in [-0.2, 0) is 0 Å². The van der Waals surface area contributed by atoms with Crippen LogP contribution >= 0.6 is 0 Å². The maximum Gasteiger partial charge on any atom is 0.150 e. The highest BCUT2D eigenvalue weighted by Gasteiger charge is 2.17. The van der Waals surface area contributed by atoms with Crippen LogP contribution in [0.2, 0.25) is 0 Å². The molecule has 0 spiro atoms. The molecule has 0 aliphatic carbocycles. The number of hydrogen-bond donors (Lipinski definition) is 0. The fourth-order valence-electron chi connectivity index (χ4n) is 2.70. The molecule has 0 aliphatic rings. The number of carbonyl (C=O) groups excluding carboxylic acids is 1. The van der Waals surface area contributed by atoms with E-state index in [0.29, 0.717) is 5.56 Å². The lowest BCUT2D eigenvalue weighted by Gasteiger charge is -2.19. The van der Waals surface area contributed by atoms with Crippen LogP contribution in [0.5, 0.6) is 0 Å². The summed E-state index contributed by atoms with van der Waals surface area (Å²) < 4.78 is 26.5. The summed E-state index contributed by atoms with van der Waals surface area (Å²) in [5.74, 6) is -0.822. The standard InChI is InChI=1S/C20H14F2O/c21-18-8-4-15(5-9-18)20(16-6-10-19(22)11-7-16)17-3-1-2-14(12-17)13-23/h1-13,20H. The fraction of sp³-hybridized carbons (Fsp3) is 0.0500. The van der Waals surface area contributed by atoms with Gasteiger partial charge in [-0.05, 0) is 47.0 Å². The molecule has 0 bridgehead atoms. The van der Waals surface area contributed by atoms with Gasteiger partial charge < -0.3 is 0 Å². The molecule has 3 heteroatoms. The van der Waals surface area contributed by atoms with Crippen LogP contribution in [0.1, 0.15) is 33.0 Å². The van der Waals surface area contributed by atoms with Crippen molar-refractivity contribution in [1.82, 2.24) is 0 Å². The van der Waals surface area contributed by atoms with Crippen LogP contribution < -0.4 is 0 Å². The van der Waals surface area contributed by atoms with E-state index in [1.165, 1.54) is 24.3 Å². The van der Waals surface area contributed by atoms with Crippen molar-refractivity contribution < 1.29 is 13.6 Å². The van der Waals surface area contributed by atoms with E-state index in [0.717, 1.165) is 23.0 Å². The zero-order valence-electron chi connectivity index (χ0n) is 12.2. The Hall–Kier alpha value is -2.81. The van der Waals surface area contributed by atoms with Crippen LogP contribution in [-0.4, -0.2) is 6.29 Å². The summed E-state index contributed by atoms with van der Waals surface area (Å²) in [6.07, 6.45) is 0.788. The van der Waals surface area contributed by atoms with Crippen molar-refractivity contribution in [2.75, 3.05) is 0 Å². The van der Waals surface area contributed by atoms with Gasteiger partial charge in [-0.3, -0.25) is 4.79 Å². The first-order chi connectivity index (χ1) is 11.2. The Labute approximate surface area is 133 Å². The molecule has 3 rings (SSSR count). The van der Waals surface area contributed by atoms with Gasteiger partial charge >= 0.3 is 0 Å². The Bertz CT molecular complexity index is 762. The molecule has 0 saturated heterocycles. The molecule has 1 nitrogen and oxygen atoms in total. The monoisotopic (exact) mass is 308 g/mol. The van der Waals surface area contributed by atoms with Gasteiger partial charge in [-0.1, -0.05) is 42.5 Å². The van der Waals surface area contributed by atoms with Gasteiger partial charge in [0.05, 0.1) is 0 Å². The molecule has 0 unspecified atom stereocenters. The molecule has 0 radical (unpaired) electrons. The first-order valence-corrected chi connectivity index (χ1v) is 7.23. The van der Waals surface area contributed by atoms with E-state index in [4.69, 9.17) is 0 Å². The number of rotatable bonds is 4.